The zero-order chi connectivity index (χ0) is 25.5. The highest BCUT2D eigenvalue weighted by Gasteiger charge is 2.14. The molecule has 1 N–H and O–H groups in total. The summed E-state index contributed by atoms with van der Waals surface area (Å²) in [6, 6.07) is 19.4. The second-order valence-corrected chi connectivity index (χ2v) is 10.2. The van der Waals surface area contributed by atoms with E-state index in [0.29, 0.717) is 16.9 Å². The number of furan rings is 2. The fourth-order valence-electron chi connectivity index (χ4n) is 3.99. The number of allylic oxidation sites excluding steroid dienone is 2. The van der Waals surface area contributed by atoms with E-state index in [4.69, 9.17) is 32.5 Å². The molecular weight excluding hydrogens is 502 g/mol. The lowest BCUT2D eigenvalue weighted by Gasteiger charge is -1.97. The van der Waals surface area contributed by atoms with Gasteiger partial charge in [0.1, 0.15) is 16.9 Å². The molecule has 6 aromatic rings. The topological polar surface area (TPSA) is 98.4 Å². The van der Waals surface area contributed by atoms with Crippen LogP contribution in [0.5, 0.6) is 0 Å². The van der Waals surface area contributed by atoms with Gasteiger partial charge >= 0.3 is 0 Å². The molecule has 6 rings (SSSR count). The molecule has 7 nitrogen and oxygen atoms in total. The van der Waals surface area contributed by atoms with Gasteiger partial charge in [-0.3, -0.25) is 0 Å². The molecule has 0 amide bonds. The van der Waals surface area contributed by atoms with E-state index in [2.05, 4.69) is 14.7 Å². The maximum atomic E-state index is 8.97. The summed E-state index contributed by atoms with van der Waals surface area (Å²) in [6.07, 6.45) is 3.12. The van der Waals surface area contributed by atoms with Crippen molar-refractivity contribution in [1.29, 1.82) is 10.5 Å². The molecule has 0 aliphatic carbocycles. The Morgan fingerprint density at radius 3 is 1.97 bits per heavy atom. The molecule has 5 aromatic heterocycles. The van der Waals surface area contributed by atoms with Gasteiger partial charge in [-0.15, -0.1) is 22.7 Å². The number of nitriles is 2. The molecule has 1 aromatic carbocycles. The van der Waals surface area contributed by atoms with E-state index in [1.54, 1.807) is 12.2 Å². The molecule has 0 aliphatic heterocycles. The largest absolute Gasteiger partial charge is 0.455 e. The van der Waals surface area contributed by atoms with Crippen LogP contribution < -0.4 is 0 Å². The van der Waals surface area contributed by atoms with Gasteiger partial charge in [0, 0.05) is 38.4 Å². The molecule has 0 fully saturated rings. The maximum Gasteiger partial charge on any atom is 0.263 e. The Labute approximate surface area is 217 Å². The molecule has 0 saturated heterocycles. The van der Waals surface area contributed by atoms with Crippen molar-refractivity contribution in [3.8, 4) is 34.9 Å². The molecule has 0 unspecified atom stereocenters. The molecule has 0 radical (unpaired) electrons. The number of benzene rings is 1. The minimum absolute atomic E-state index is 0.0393. The second-order valence-electron chi connectivity index (χ2n) is 7.97. The van der Waals surface area contributed by atoms with E-state index in [1.807, 2.05) is 60.7 Å². The molecule has 9 heteroatoms. The number of aromatic amines is 1. The molecule has 0 spiro atoms. The number of thiophene rings is 2. The van der Waals surface area contributed by atoms with Crippen molar-refractivity contribution >= 4 is 66.3 Å². The van der Waals surface area contributed by atoms with Gasteiger partial charge in [0.2, 0.25) is 0 Å². The smallest absolute Gasteiger partial charge is 0.263 e. The third-order valence-corrected chi connectivity index (χ3v) is 7.67. The molecule has 5 heterocycles. The number of H-pyrrole nitrogens is 1. The summed E-state index contributed by atoms with van der Waals surface area (Å²) < 4.78 is 14.0. The van der Waals surface area contributed by atoms with Crippen LogP contribution in [0.4, 0.5) is 0 Å². The van der Waals surface area contributed by atoms with Crippen LogP contribution in [0, 0.1) is 35.8 Å². The first-order valence-corrected chi connectivity index (χ1v) is 12.4. The van der Waals surface area contributed by atoms with E-state index in [-0.39, 0.29) is 11.4 Å². The lowest BCUT2D eigenvalue weighted by molar-refractivity contribution is 0.630. The van der Waals surface area contributed by atoms with Gasteiger partial charge in [0.15, 0.2) is 5.76 Å². The number of nitrogens with zero attached hydrogens (tertiary/aromatic N) is 4. The molecule has 0 bridgehead atoms. The molecule has 37 heavy (non-hydrogen) atoms. The number of rotatable bonds is 4. The summed E-state index contributed by atoms with van der Waals surface area (Å²) in [7, 11) is 0. The Morgan fingerprint density at radius 1 is 0.811 bits per heavy atom. The summed E-state index contributed by atoms with van der Waals surface area (Å²) in [5, 5.41) is 19.0. The van der Waals surface area contributed by atoms with Crippen LogP contribution in [-0.4, -0.2) is 4.98 Å². The van der Waals surface area contributed by atoms with Crippen molar-refractivity contribution < 1.29 is 8.83 Å². The van der Waals surface area contributed by atoms with Gasteiger partial charge in [0.25, 0.3) is 11.4 Å². The molecule has 0 saturated carbocycles. The predicted molar refractivity (Wildman–Crippen MR) is 145 cm³/mol. The zero-order valence-corrected chi connectivity index (χ0v) is 20.3. The molecule has 0 aliphatic rings. The number of hydrogen-bond donors (Lipinski definition) is 1. The van der Waals surface area contributed by atoms with Gasteiger partial charge in [-0.2, -0.15) is 0 Å². The van der Waals surface area contributed by atoms with E-state index in [0.717, 1.165) is 47.1 Å². The quantitative estimate of drug-likeness (QED) is 0.188. The summed E-state index contributed by atoms with van der Waals surface area (Å²) in [6.45, 7) is 14.1. The minimum atomic E-state index is 0.0393. The average molecular weight is 514 g/mol. The maximum absolute atomic E-state index is 8.97. The molecule has 0 atom stereocenters. The number of aromatic nitrogens is 1. The highest BCUT2D eigenvalue weighted by molar-refractivity contribution is 7.20. The van der Waals surface area contributed by atoms with Crippen LogP contribution in [0.2, 0.25) is 0 Å². The Morgan fingerprint density at radius 2 is 1.41 bits per heavy atom. The highest BCUT2D eigenvalue weighted by atomic mass is 32.1. The van der Waals surface area contributed by atoms with Crippen molar-refractivity contribution in [2.75, 3.05) is 0 Å². The summed E-state index contributed by atoms with van der Waals surface area (Å²) in [5.74, 6) is 1.44. The van der Waals surface area contributed by atoms with Crippen LogP contribution in [0.15, 0.2) is 68.8 Å². The van der Waals surface area contributed by atoms with Crippen LogP contribution >= 0.6 is 22.7 Å². The molecule has 172 valence electrons. The van der Waals surface area contributed by atoms with Crippen molar-refractivity contribution in [3.63, 3.8) is 0 Å². The Bertz CT molecular complexity index is 1890. The fourth-order valence-corrected chi connectivity index (χ4v) is 5.90. The Balaban J connectivity index is 1.30. The normalized spacial score (nSPS) is 12.0. The monoisotopic (exact) mass is 513 g/mol. The standard InChI is InChI=1S/C28H11N5O2S2/c1-31-17(13-29)7-19-9-25-27(36-19)11-23(34-25)16-4-3-15-5-22(33-21(15)6-16)24-12-28-26(35-24)10-20(37-28)8-18(14-30)32-2/h3-12,33H/b17-7-,18-8+. The lowest BCUT2D eigenvalue weighted by atomic mass is 10.1. The molecular formula is C28H11N5O2S2. The van der Waals surface area contributed by atoms with E-state index in [9.17, 15) is 0 Å². The number of fused-ring (bicyclic) bond motifs is 3. The van der Waals surface area contributed by atoms with Crippen molar-refractivity contribution in [1.82, 2.24) is 4.98 Å². The summed E-state index contributed by atoms with van der Waals surface area (Å²) in [4.78, 5) is 11.4. The first kappa shape index (κ1) is 22.2. The third-order valence-electron chi connectivity index (χ3n) is 5.65. The highest BCUT2D eigenvalue weighted by Crippen LogP contribution is 2.38. The Kier molecular flexibility index (Phi) is 5.22. The van der Waals surface area contributed by atoms with Gasteiger partial charge in [-0.25, -0.2) is 20.2 Å². The van der Waals surface area contributed by atoms with Crippen molar-refractivity contribution in [2.24, 2.45) is 0 Å². The predicted octanol–water partition coefficient (Wildman–Crippen LogP) is 8.68. The number of nitrogens with one attached hydrogen (secondary N) is 1. The average Bonchev–Trinajstić information content (AvgIpc) is 3.70. The minimum Gasteiger partial charge on any atom is -0.455 e. The third kappa shape index (κ3) is 3.97. The van der Waals surface area contributed by atoms with Gasteiger partial charge < -0.3 is 13.8 Å². The summed E-state index contributed by atoms with van der Waals surface area (Å²) >= 11 is 2.93. The lowest BCUT2D eigenvalue weighted by Crippen LogP contribution is -1.75. The van der Waals surface area contributed by atoms with Crippen LogP contribution in [0.25, 0.3) is 76.1 Å². The van der Waals surface area contributed by atoms with E-state index >= 15 is 0 Å². The second kappa shape index (κ2) is 8.72. The van der Waals surface area contributed by atoms with E-state index < -0.39 is 0 Å². The Hall–Kier alpha value is -5.32. The van der Waals surface area contributed by atoms with Crippen molar-refractivity contribution in [3.05, 3.63) is 92.5 Å². The van der Waals surface area contributed by atoms with Crippen LogP contribution in [0.1, 0.15) is 9.75 Å². The summed E-state index contributed by atoms with van der Waals surface area (Å²) in [5.41, 5.74) is 4.20. The fraction of sp³-hybridized carbons (Fsp3) is 0. The van der Waals surface area contributed by atoms with Gasteiger partial charge in [0.05, 0.1) is 40.4 Å². The van der Waals surface area contributed by atoms with E-state index in [1.165, 1.54) is 22.7 Å². The van der Waals surface area contributed by atoms with Crippen LogP contribution in [0.3, 0.4) is 0 Å². The van der Waals surface area contributed by atoms with Crippen molar-refractivity contribution in [2.45, 2.75) is 0 Å². The van der Waals surface area contributed by atoms with Crippen LogP contribution in [-0.2, 0) is 0 Å². The number of hydrogen-bond acceptors (Lipinski definition) is 6. The first-order chi connectivity index (χ1) is 18.1. The van der Waals surface area contributed by atoms with Gasteiger partial charge in [-0.05, 0) is 36.4 Å². The zero-order valence-electron chi connectivity index (χ0n) is 18.7. The SMILES string of the molecule is [C-]#[N+]/C(C#N)=C\c1cc2oc(-c3ccc4cc(-c5cc6sc(/C=C(\C#N)[N+]#[C-])cc6o5)[nH]c4c3)cc2s1. The van der Waals surface area contributed by atoms with Gasteiger partial charge in [-0.1, -0.05) is 12.1 Å². The first-order valence-electron chi connectivity index (χ1n) is 10.8.